The van der Waals surface area contributed by atoms with Crippen LogP contribution in [0.15, 0.2) is 78.9 Å². The maximum Gasteiger partial charge on any atom is 0.170 e. The number of aryl methyl sites for hydroxylation is 1. The highest BCUT2D eigenvalue weighted by atomic mass is 16.1. The second-order valence-electron chi connectivity index (χ2n) is 6.10. The summed E-state index contributed by atoms with van der Waals surface area (Å²) in [5.74, 6) is 0.267. The molecule has 0 radical (unpaired) electrons. The molecular weight excluding hydrogens is 280 g/mol. The van der Waals surface area contributed by atoms with E-state index < -0.39 is 0 Å². The van der Waals surface area contributed by atoms with E-state index in [0.717, 1.165) is 24.0 Å². The number of carbonyl (C=O) groups is 1. The van der Waals surface area contributed by atoms with E-state index >= 15 is 0 Å². The van der Waals surface area contributed by atoms with E-state index in [1.54, 1.807) is 0 Å². The van der Waals surface area contributed by atoms with Gasteiger partial charge in [0.1, 0.15) is 0 Å². The minimum absolute atomic E-state index is 0.00581. The quantitative estimate of drug-likeness (QED) is 0.630. The highest BCUT2D eigenvalue weighted by Crippen LogP contribution is 2.34. The summed E-state index contributed by atoms with van der Waals surface area (Å²) in [5, 5.41) is 0. The van der Waals surface area contributed by atoms with Gasteiger partial charge in [-0.3, -0.25) is 4.79 Å². The maximum atomic E-state index is 12.9. The summed E-state index contributed by atoms with van der Waals surface area (Å²) >= 11 is 0. The Labute approximate surface area is 136 Å². The average molecular weight is 298 g/mol. The average Bonchev–Trinajstić information content (AvgIpc) is 2.63. The predicted octanol–water partition coefficient (Wildman–Crippen LogP) is 5.27. The second kappa shape index (κ2) is 5.85. The van der Waals surface area contributed by atoms with Crippen LogP contribution < -0.4 is 0 Å². The molecular formula is C22H18O. The molecule has 4 rings (SSSR count). The molecule has 3 aromatic carbocycles. The van der Waals surface area contributed by atoms with Crippen LogP contribution >= 0.6 is 0 Å². The van der Waals surface area contributed by atoms with Gasteiger partial charge in [-0.1, -0.05) is 78.9 Å². The lowest BCUT2D eigenvalue weighted by Crippen LogP contribution is -2.20. The van der Waals surface area contributed by atoms with Gasteiger partial charge in [0, 0.05) is 11.5 Å². The number of rotatable bonds is 2. The van der Waals surface area contributed by atoms with Crippen molar-refractivity contribution in [2.75, 3.05) is 0 Å². The first-order chi connectivity index (χ1) is 11.3. The van der Waals surface area contributed by atoms with Gasteiger partial charge in [0.25, 0.3) is 0 Å². The van der Waals surface area contributed by atoms with Crippen molar-refractivity contribution in [3.8, 4) is 11.1 Å². The highest BCUT2D eigenvalue weighted by Gasteiger charge is 2.28. The van der Waals surface area contributed by atoms with Crippen LogP contribution in [0.5, 0.6) is 0 Å². The maximum absolute atomic E-state index is 12.9. The molecule has 0 saturated carbocycles. The van der Waals surface area contributed by atoms with Crippen LogP contribution in [0.3, 0.4) is 0 Å². The van der Waals surface area contributed by atoms with Crippen LogP contribution in [0.2, 0.25) is 0 Å². The molecule has 0 spiro atoms. The fraction of sp³-hybridized carbons (Fsp3) is 0.136. The third-order valence-electron chi connectivity index (χ3n) is 4.70. The van der Waals surface area contributed by atoms with Crippen molar-refractivity contribution < 1.29 is 4.79 Å². The molecule has 0 N–H and O–H groups in total. The Morgan fingerprint density at radius 3 is 2.17 bits per heavy atom. The number of ketones is 1. The van der Waals surface area contributed by atoms with Crippen LogP contribution in [-0.2, 0) is 6.42 Å². The standard InChI is InChI=1S/C22H18O/c23-22-20(17-9-5-2-6-10-17)14-12-19-15-18(11-13-21(19)22)16-7-3-1-4-8-16/h1-11,13,15,20H,12,14H2. The van der Waals surface area contributed by atoms with E-state index in [1.807, 2.05) is 42.5 Å². The third-order valence-corrected chi connectivity index (χ3v) is 4.70. The number of fused-ring (bicyclic) bond motifs is 1. The van der Waals surface area contributed by atoms with E-state index in [9.17, 15) is 4.79 Å². The second-order valence-corrected chi connectivity index (χ2v) is 6.10. The summed E-state index contributed by atoms with van der Waals surface area (Å²) in [6.07, 6.45) is 1.86. The molecule has 1 unspecified atom stereocenters. The van der Waals surface area contributed by atoms with Gasteiger partial charge < -0.3 is 0 Å². The molecule has 3 aromatic rings. The lowest BCUT2D eigenvalue weighted by molar-refractivity contribution is 0.0946. The molecule has 1 nitrogen and oxygen atoms in total. The zero-order chi connectivity index (χ0) is 15.6. The zero-order valence-electron chi connectivity index (χ0n) is 12.9. The van der Waals surface area contributed by atoms with Gasteiger partial charge in [-0.05, 0) is 35.1 Å². The first-order valence-electron chi connectivity index (χ1n) is 8.10. The van der Waals surface area contributed by atoms with Gasteiger partial charge in [-0.25, -0.2) is 0 Å². The molecule has 0 amide bonds. The van der Waals surface area contributed by atoms with Crippen molar-refractivity contribution in [2.45, 2.75) is 18.8 Å². The fourth-order valence-corrected chi connectivity index (χ4v) is 3.47. The van der Waals surface area contributed by atoms with E-state index in [0.29, 0.717) is 0 Å². The first-order valence-corrected chi connectivity index (χ1v) is 8.10. The monoisotopic (exact) mass is 298 g/mol. The molecule has 1 aliphatic rings. The third kappa shape index (κ3) is 2.59. The minimum atomic E-state index is 0.00581. The molecule has 0 aromatic heterocycles. The molecule has 1 aliphatic carbocycles. The van der Waals surface area contributed by atoms with Crippen LogP contribution in [0.1, 0.15) is 33.8 Å². The Morgan fingerprint density at radius 1 is 0.739 bits per heavy atom. The Morgan fingerprint density at radius 2 is 1.43 bits per heavy atom. The number of hydrogen-bond acceptors (Lipinski definition) is 1. The molecule has 23 heavy (non-hydrogen) atoms. The van der Waals surface area contributed by atoms with Gasteiger partial charge in [0.2, 0.25) is 0 Å². The van der Waals surface area contributed by atoms with E-state index in [4.69, 9.17) is 0 Å². The summed E-state index contributed by atoms with van der Waals surface area (Å²) in [6, 6.07) is 26.7. The first kappa shape index (κ1) is 14.0. The van der Waals surface area contributed by atoms with Gasteiger partial charge in [-0.15, -0.1) is 0 Å². The van der Waals surface area contributed by atoms with Gasteiger partial charge >= 0.3 is 0 Å². The molecule has 0 bridgehead atoms. The molecule has 112 valence electrons. The SMILES string of the molecule is O=C1c2ccc(-c3ccccc3)cc2CCC1c1ccccc1. The van der Waals surface area contributed by atoms with Crippen molar-refractivity contribution in [3.05, 3.63) is 95.6 Å². The summed E-state index contributed by atoms with van der Waals surface area (Å²) in [5.41, 5.74) is 5.60. The lowest BCUT2D eigenvalue weighted by atomic mass is 9.78. The fourth-order valence-electron chi connectivity index (χ4n) is 3.47. The molecule has 0 fully saturated rings. The van der Waals surface area contributed by atoms with Crippen LogP contribution in [0.25, 0.3) is 11.1 Å². The van der Waals surface area contributed by atoms with Gasteiger partial charge in [0.15, 0.2) is 5.78 Å². The molecule has 1 atom stereocenters. The molecule has 0 heterocycles. The molecule has 0 aliphatic heterocycles. The largest absolute Gasteiger partial charge is 0.293 e. The Kier molecular flexibility index (Phi) is 3.55. The normalized spacial score (nSPS) is 16.9. The Hall–Kier alpha value is -2.67. The molecule has 1 heteroatoms. The smallest absolute Gasteiger partial charge is 0.170 e. The van der Waals surface area contributed by atoms with Gasteiger partial charge in [-0.2, -0.15) is 0 Å². The summed E-state index contributed by atoms with van der Waals surface area (Å²) in [6.45, 7) is 0. The Bertz CT molecular complexity index is 834. The van der Waals surface area contributed by atoms with Crippen molar-refractivity contribution in [3.63, 3.8) is 0 Å². The van der Waals surface area contributed by atoms with Crippen LogP contribution in [0, 0.1) is 0 Å². The number of hydrogen-bond donors (Lipinski definition) is 0. The zero-order valence-corrected chi connectivity index (χ0v) is 12.9. The summed E-state index contributed by atoms with van der Waals surface area (Å²) in [7, 11) is 0. The van der Waals surface area contributed by atoms with Crippen LogP contribution in [-0.4, -0.2) is 5.78 Å². The molecule has 0 saturated heterocycles. The topological polar surface area (TPSA) is 17.1 Å². The van der Waals surface area contributed by atoms with E-state index in [2.05, 4.69) is 36.4 Å². The van der Waals surface area contributed by atoms with Crippen molar-refractivity contribution in [2.24, 2.45) is 0 Å². The Balaban J connectivity index is 1.69. The predicted molar refractivity (Wildman–Crippen MR) is 93.7 cm³/mol. The van der Waals surface area contributed by atoms with E-state index in [1.165, 1.54) is 16.7 Å². The highest BCUT2D eigenvalue weighted by molar-refractivity contribution is 6.03. The number of carbonyl (C=O) groups excluding carboxylic acids is 1. The minimum Gasteiger partial charge on any atom is -0.293 e. The van der Waals surface area contributed by atoms with Crippen molar-refractivity contribution in [1.29, 1.82) is 0 Å². The van der Waals surface area contributed by atoms with E-state index in [-0.39, 0.29) is 11.7 Å². The summed E-state index contributed by atoms with van der Waals surface area (Å²) in [4.78, 5) is 12.9. The number of Topliss-reactive ketones (excluding diaryl/α,β-unsaturated/α-hetero) is 1. The van der Waals surface area contributed by atoms with Gasteiger partial charge in [0.05, 0.1) is 0 Å². The lowest BCUT2D eigenvalue weighted by Gasteiger charge is -2.24. The number of benzene rings is 3. The van der Waals surface area contributed by atoms with Crippen molar-refractivity contribution in [1.82, 2.24) is 0 Å². The van der Waals surface area contributed by atoms with Crippen molar-refractivity contribution >= 4 is 5.78 Å². The summed E-state index contributed by atoms with van der Waals surface area (Å²) < 4.78 is 0. The van der Waals surface area contributed by atoms with Crippen LogP contribution in [0.4, 0.5) is 0 Å².